The van der Waals surface area contributed by atoms with E-state index in [1.807, 2.05) is 0 Å². The molecule has 0 aliphatic heterocycles. The summed E-state index contributed by atoms with van der Waals surface area (Å²) < 4.78 is 9.79. The summed E-state index contributed by atoms with van der Waals surface area (Å²) in [6.45, 7) is 6.82. The number of amides is 1. The number of thiophene rings is 1. The van der Waals surface area contributed by atoms with E-state index in [9.17, 15) is 14.4 Å². The second-order valence-electron chi connectivity index (χ2n) is 5.22. The van der Waals surface area contributed by atoms with Crippen LogP contribution in [0.25, 0.3) is 0 Å². The molecule has 6 nitrogen and oxygen atoms in total. The SMILES string of the molecule is CCOC(=O)C(=O)C(NC(=O)OC(C)(C)C)c1ccsc1. The Hall–Kier alpha value is -1.89. The van der Waals surface area contributed by atoms with Crippen molar-refractivity contribution in [1.29, 1.82) is 0 Å². The molecule has 0 aliphatic rings. The van der Waals surface area contributed by atoms with Gasteiger partial charge < -0.3 is 14.8 Å². The predicted octanol–water partition coefficient (Wildman–Crippen LogP) is 2.45. The third-order valence-corrected chi connectivity index (χ3v) is 2.98. The number of hydrogen-bond donors (Lipinski definition) is 1. The van der Waals surface area contributed by atoms with Gasteiger partial charge in [-0.1, -0.05) is 0 Å². The average molecular weight is 313 g/mol. The van der Waals surface area contributed by atoms with Gasteiger partial charge in [0.05, 0.1) is 6.61 Å². The van der Waals surface area contributed by atoms with Crippen LogP contribution in [0.5, 0.6) is 0 Å². The lowest BCUT2D eigenvalue weighted by atomic mass is 10.1. The van der Waals surface area contributed by atoms with Crippen molar-refractivity contribution in [1.82, 2.24) is 5.32 Å². The molecule has 0 saturated carbocycles. The Bertz CT molecular complexity index is 504. The molecule has 21 heavy (non-hydrogen) atoms. The molecule has 1 rings (SSSR count). The predicted molar refractivity (Wildman–Crippen MR) is 78.1 cm³/mol. The number of hydrogen-bond acceptors (Lipinski definition) is 6. The zero-order valence-corrected chi connectivity index (χ0v) is 13.3. The molecule has 0 spiro atoms. The molecule has 0 aromatic carbocycles. The van der Waals surface area contributed by atoms with Crippen molar-refractivity contribution in [2.75, 3.05) is 6.61 Å². The highest BCUT2D eigenvalue weighted by atomic mass is 32.1. The fourth-order valence-corrected chi connectivity index (χ4v) is 2.17. The molecule has 1 atom stereocenters. The Morgan fingerprint density at radius 1 is 1.33 bits per heavy atom. The number of carbonyl (C=O) groups is 3. The zero-order valence-electron chi connectivity index (χ0n) is 12.5. The topological polar surface area (TPSA) is 81.7 Å². The van der Waals surface area contributed by atoms with Gasteiger partial charge in [0.2, 0.25) is 0 Å². The number of rotatable bonds is 5. The van der Waals surface area contributed by atoms with E-state index in [2.05, 4.69) is 10.1 Å². The van der Waals surface area contributed by atoms with Gasteiger partial charge in [-0.15, -0.1) is 0 Å². The number of Topliss-reactive ketones (excluding diaryl/α,β-unsaturated/α-hetero) is 1. The first-order valence-corrected chi connectivity index (χ1v) is 7.41. The first kappa shape index (κ1) is 17.2. The Labute approximate surface area is 127 Å². The second-order valence-corrected chi connectivity index (χ2v) is 6.00. The van der Waals surface area contributed by atoms with Gasteiger partial charge in [-0.3, -0.25) is 4.79 Å². The molecular weight excluding hydrogens is 294 g/mol. The van der Waals surface area contributed by atoms with Gasteiger partial charge in [0, 0.05) is 0 Å². The monoisotopic (exact) mass is 313 g/mol. The number of carbonyl (C=O) groups excluding carboxylic acids is 3. The smallest absolute Gasteiger partial charge is 0.408 e. The minimum Gasteiger partial charge on any atom is -0.460 e. The number of alkyl carbamates (subject to hydrolysis) is 1. The summed E-state index contributed by atoms with van der Waals surface area (Å²) in [6, 6.07) is 0.550. The summed E-state index contributed by atoms with van der Waals surface area (Å²) in [6.07, 6.45) is -0.767. The molecule has 1 unspecified atom stereocenters. The molecule has 1 N–H and O–H groups in total. The van der Waals surface area contributed by atoms with Crippen LogP contribution in [0.15, 0.2) is 16.8 Å². The van der Waals surface area contributed by atoms with E-state index < -0.39 is 29.5 Å². The van der Waals surface area contributed by atoms with Gasteiger partial charge in [-0.2, -0.15) is 11.3 Å². The van der Waals surface area contributed by atoms with Crippen LogP contribution < -0.4 is 5.32 Å². The van der Waals surface area contributed by atoms with Crippen LogP contribution in [0.3, 0.4) is 0 Å². The quantitative estimate of drug-likeness (QED) is 0.667. The van der Waals surface area contributed by atoms with Gasteiger partial charge >= 0.3 is 12.1 Å². The summed E-state index contributed by atoms with van der Waals surface area (Å²) in [5.41, 5.74) is -0.181. The third-order valence-electron chi connectivity index (χ3n) is 2.28. The minimum atomic E-state index is -1.11. The summed E-state index contributed by atoms with van der Waals surface area (Å²) >= 11 is 1.35. The van der Waals surface area contributed by atoms with Crippen molar-refractivity contribution in [3.63, 3.8) is 0 Å². The highest BCUT2D eigenvalue weighted by molar-refractivity contribution is 7.08. The fourth-order valence-electron chi connectivity index (χ4n) is 1.48. The van der Waals surface area contributed by atoms with Crippen LogP contribution in [0.4, 0.5) is 4.79 Å². The lowest BCUT2D eigenvalue weighted by Gasteiger charge is -2.22. The second kappa shape index (κ2) is 7.21. The van der Waals surface area contributed by atoms with Crippen molar-refractivity contribution in [3.8, 4) is 0 Å². The molecule has 0 saturated heterocycles. The first-order chi connectivity index (χ1) is 9.74. The van der Waals surface area contributed by atoms with E-state index in [1.54, 1.807) is 44.5 Å². The van der Waals surface area contributed by atoms with Crippen LogP contribution in [0, 0.1) is 0 Å². The Balaban J connectivity index is 2.87. The van der Waals surface area contributed by atoms with Crippen LogP contribution in [0.1, 0.15) is 39.3 Å². The third kappa shape index (κ3) is 5.55. The number of ketones is 1. The zero-order chi connectivity index (χ0) is 16.0. The molecule has 1 aromatic heterocycles. The molecule has 0 radical (unpaired) electrons. The molecular formula is C14H19NO5S. The van der Waals surface area contributed by atoms with Gasteiger partial charge in [0.15, 0.2) is 0 Å². The summed E-state index contributed by atoms with van der Waals surface area (Å²) in [5, 5.41) is 5.84. The summed E-state index contributed by atoms with van der Waals surface area (Å²) in [5.74, 6) is -1.81. The number of esters is 1. The lowest BCUT2D eigenvalue weighted by Crippen LogP contribution is -2.40. The molecule has 0 aliphatic carbocycles. The molecule has 0 fully saturated rings. The maximum absolute atomic E-state index is 12.1. The molecule has 1 amide bonds. The van der Waals surface area contributed by atoms with E-state index in [0.717, 1.165) is 0 Å². The number of ether oxygens (including phenoxy) is 2. The fraction of sp³-hybridized carbons (Fsp3) is 0.500. The largest absolute Gasteiger partial charge is 0.460 e. The van der Waals surface area contributed by atoms with E-state index in [-0.39, 0.29) is 6.61 Å². The van der Waals surface area contributed by atoms with E-state index in [1.165, 1.54) is 11.3 Å². The van der Waals surface area contributed by atoms with E-state index >= 15 is 0 Å². The number of nitrogens with one attached hydrogen (secondary N) is 1. The van der Waals surface area contributed by atoms with Gasteiger partial charge in [0.1, 0.15) is 11.6 Å². The average Bonchev–Trinajstić information content (AvgIpc) is 2.86. The van der Waals surface area contributed by atoms with E-state index in [4.69, 9.17) is 4.74 Å². The van der Waals surface area contributed by atoms with Crippen LogP contribution in [-0.2, 0) is 19.1 Å². The van der Waals surface area contributed by atoms with Crippen LogP contribution in [-0.4, -0.2) is 30.1 Å². The molecule has 7 heteroatoms. The van der Waals surface area contributed by atoms with Gasteiger partial charge in [0.25, 0.3) is 5.78 Å². The van der Waals surface area contributed by atoms with E-state index in [0.29, 0.717) is 5.56 Å². The van der Waals surface area contributed by atoms with Gasteiger partial charge in [-0.25, -0.2) is 9.59 Å². The minimum absolute atomic E-state index is 0.0906. The highest BCUT2D eigenvalue weighted by Gasteiger charge is 2.31. The molecule has 116 valence electrons. The highest BCUT2D eigenvalue weighted by Crippen LogP contribution is 2.19. The summed E-state index contributed by atoms with van der Waals surface area (Å²) in [4.78, 5) is 35.5. The van der Waals surface area contributed by atoms with Crippen LogP contribution >= 0.6 is 11.3 Å². The standard InChI is InChI=1S/C14H19NO5S/c1-5-19-12(17)11(16)10(9-6-7-21-8-9)15-13(18)20-14(2,3)4/h6-8,10H,5H2,1-4H3,(H,15,18). The molecule has 0 bridgehead atoms. The lowest BCUT2D eigenvalue weighted by molar-refractivity contribution is -0.154. The van der Waals surface area contributed by atoms with Gasteiger partial charge in [-0.05, 0) is 50.1 Å². The maximum atomic E-state index is 12.1. The van der Waals surface area contributed by atoms with Crippen molar-refractivity contribution in [3.05, 3.63) is 22.4 Å². The Kier molecular flexibility index (Phi) is 5.90. The van der Waals surface area contributed by atoms with Crippen molar-refractivity contribution >= 4 is 29.2 Å². The maximum Gasteiger partial charge on any atom is 0.408 e. The molecule has 1 heterocycles. The van der Waals surface area contributed by atoms with Crippen LogP contribution in [0.2, 0.25) is 0 Å². The normalized spacial score (nSPS) is 12.4. The molecule has 1 aromatic rings. The van der Waals surface area contributed by atoms with Crippen molar-refractivity contribution in [2.24, 2.45) is 0 Å². The Morgan fingerprint density at radius 2 is 2.00 bits per heavy atom. The first-order valence-electron chi connectivity index (χ1n) is 6.47. The Morgan fingerprint density at radius 3 is 2.48 bits per heavy atom. The summed E-state index contributed by atoms with van der Waals surface area (Å²) in [7, 11) is 0. The van der Waals surface area contributed by atoms with Crippen molar-refractivity contribution in [2.45, 2.75) is 39.3 Å². The van der Waals surface area contributed by atoms with Crippen molar-refractivity contribution < 1.29 is 23.9 Å².